The first-order valence-corrected chi connectivity index (χ1v) is 4.04. The Morgan fingerprint density at radius 3 is 2.36 bits per heavy atom. The molecule has 1 aliphatic rings. The summed E-state index contributed by atoms with van der Waals surface area (Å²) in [4.78, 5) is 33.3. The van der Waals surface area contributed by atoms with Gasteiger partial charge in [-0.2, -0.15) is 0 Å². The van der Waals surface area contributed by atoms with Crippen LogP contribution in [0.2, 0.25) is 0 Å². The van der Waals surface area contributed by atoms with Gasteiger partial charge >= 0.3 is 5.97 Å². The third-order valence-electron chi connectivity index (χ3n) is 1.88. The number of carbonyl (C=O) groups is 3. The summed E-state index contributed by atoms with van der Waals surface area (Å²) in [5.41, 5.74) is 5.22. The molecule has 76 valence electrons. The van der Waals surface area contributed by atoms with Crippen molar-refractivity contribution in [3.63, 3.8) is 0 Å². The zero-order valence-corrected chi connectivity index (χ0v) is 7.34. The van der Waals surface area contributed by atoms with E-state index in [1.54, 1.807) is 0 Å². The average Bonchev–Trinajstić information content (AvgIpc) is 2.43. The van der Waals surface area contributed by atoms with Crippen molar-refractivity contribution in [2.24, 2.45) is 5.73 Å². The smallest absolute Gasteiger partial charge is 0.320 e. The van der Waals surface area contributed by atoms with Crippen LogP contribution >= 0.6 is 0 Å². The zero-order valence-electron chi connectivity index (χ0n) is 7.34. The lowest BCUT2D eigenvalue weighted by molar-refractivity contribution is -0.141. The number of carboxylic acid groups (broad SMARTS) is 1. The minimum absolute atomic E-state index is 0.0398. The number of imide groups is 1. The molecule has 0 spiro atoms. The molecule has 1 atom stereocenters. The van der Waals surface area contributed by atoms with Crippen molar-refractivity contribution in [2.45, 2.75) is 12.5 Å². The maximum atomic E-state index is 11.0. The molecular weight excluding hydrogens is 188 g/mol. The van der Waals surface area contributed by atoms with Crippen LogP contribution in [0.3, 0.4) is 0 Å². The van der Waals surface area contributed by atoms with E-state index in [1.165, 1.54) is 0 Å². The van der Waals surface area contributed by atoms with Crippen molar-refractivity contribution >= 4 is 17.8 Å². The summed E-state index contributed by atoms with van der Waals surface area (Å²) in [5.74, 6) is -1.99. The van der Waals surface area contributed by atoms with Crippen LogP contribution in [-0.2, 0) is 14.4 Å². The molecule has 0 bridgehead atoms. The van der Waals surface area contributed by atoms with E-state index in [1.807, 2.05) is 0 Å². The number of rotatable bonds is 4. The maximum Gasteiger partial charge on any atom is 0.320 e. The summed E-state index contributed by atoms with van der Waals surface area (Å²) >= 11 is 0. The second-order valence-corrected chi connectivity index (χ2v) is 2.89. The fourth-order valence-corrected chi connectivity index (χ4v) is 1.04. The Labute approximate surface area is 80.0 Å². The van der Waals surface area contributed by atoms with Gasteiger partial charge in [-0.05, 0) is 6.42 Å². The molecule has 0 aliphatic carbocycles. The lowest BCUT2D eigenvalue weighted by atomic mass is 10.2. The second-order valence-electron chi connectivity index (χ2n) is 2.89. The van der Waals surface area contributed by atoms with Crippen molar-refractivity contribution in [3.05, 3.63) is 12.2 Å². The highest BCUT2D eigenvalue weighted by molar-refractivity contribution is 6.12. The number of aliphatic carboxylic acids is 1. The fraction of sp³-hybridized carbons (Fsp3) is 0.375. The Bertz CT molecular complexity index is 292. The highest BCUT2D eigenvalue weighted by Crippen LogP contribution is 2.04. The van der Waals surface area contributed by atoms with Gasteiger partial charge in [-0.15, -0.1) is 0 Å². The molecule has 0 aromatic rings. The molecule has 1 aliphatic heterocycles. The first-order valence-electron chi connectivity index (χ1n) is 4.04. The maximum absolute atomic E-state index is 11.0. The molecule has 14 heavy (non-hydrogen) atoms. The molecule has 3 N–H and O–H groups in total. The molecule has 0 saturated heterocycles. The van der Waals surface area contributed by atoms with Crippen molar-refractivity contribution in [1.82, 2.24) is 4.90 Å². The first-order chi connectivity index (χ1) is 6.52. The SMILES string of the molecule is NC(CCN1C(=O)C=CC1=O)C(=O)O. The number of carboxylic acids is 1. The number of hydrogen-bond donors (Lipinski definition) is 2. The average molecular weight is 198 g/mol. The Hall–Kier alpha value is -1.69. The van der Waals surface area contributed by atoms with Gasteiger partial charge in [0.1, 0.15) is 6.04 Å². The summed E-state index contributed by atoms with van der Waals surface area (Å²) in [6.07, 6.45) is 2.36. The lowest BCUT2D eigenvalue weighted by Gasteiger charge is -2.14. The van der Waals surface area contributed by atoms with E-state index >= 15 is 0 Å². The Morgan fingerprint density at radius 2 is 1.93 bits per heavy atom. The van der Waals surface area contributed by atoms with E-state index in [4.69, 9.17) is 10.8 Å². The van der Waals surface area contributed by atoms with Crippen molar-refractivity contribution in [3.8, 4) is 0 Å². The number of nitrogens with zero attached hydrogens (tertiary/aromatic N) is 1. The lowest BCUT2D eigenvalue weighted by Crippen LogP contribution is -2.38. The largest absolute Gasteiger partial charge is 0.480 e. The van der Waals surface area contributed by atoms with Gasteiger partial charge in [-0.25, -0.2) is 0 Å². The predicted octanol–water partition coefficient (Wildman–Crippen LogP) is -1.29. The van der Waals surface area contributed by atoms with E-state index in [2.05, 4.69) is 0 Å². The van der Waals surface area contributed by atoms with Gasteiger partial charge in [0, 0.05) is 18.7 Å². The van der Waals surface area contributed by atoms with Crippen LogP contribution in [0.25, 0.3) is 0 Å². The van der Waals surface area contributed by atoms with Gasteiger partial charge in [0.25, 0.3) is 11.8 Å². The second kappa shape index (κ2) is 4.01. The van der Waals surface area contributed by atoms with Crippen LogP contribution in [0, 0.1) is 0 Å². The normalized spacial score (nSPS) is 17.6. The van der Waals surface area contributed by atoms with Crippen LogP contribution in [0.5, 0.6) is 0 Å². The van der Waals surface area contributed by atoms with E-state index < -0.39 is 23.8 Å². The topological polar surface area (TPSA) is 101 Å². The van der Waals surface area contributed by atoms with Crippen LogP contribution < -0.4 is 5.73 Å². The number of carbonyl (C=O) groups excluding carboxylic acids is 2. The van der Waals surface area contributed by atoms with Gasteiger partial charge in [-0.3, -0.25) is 19.3 Å². The number of nitrogens with two attached hydrogens (primary N) is 1. The van der Waals surface area contributed by atoms with Crippen LogP contribution in [0.15, 0.2) is 12.2 Å². The predicted molar refractivity (Wildman–Crippen MR) is 46.1 cm³/mol. The van der Waals surface area contributed by atoms with E-state index in [0.717, 1.165) is 17.1 Å². The third-order valence-corrected chi connectivity index (χ3v) is 1.88. The summed E-state index contributed by atoms with van der Waals surface area (Å²) in [6, 6.07) is -1.05. The molecule has 1 heterocycles. The fourth-order valence-electron chi connectivity index (χ4n) is 1.04. The van der Waals surface area contributed by atoms with E-state index in [9.17, 15) is 14.4 Å². The number of hydrogen-bond acceptors (Lipinski definition) is 4. The molecule has 0 radical (unpaired) electrons. The third kappa shape index (κ3) is 2.17. The quantitative estimate of drug-likeness (QED) is 0.547. The highest BCUT2D eigenvalue weighted by atomic mass is 16.4. The van der Waals surface area contributed by atoms with Gasteiger partial charge in [-0.1, -0.05) is 0 Å². The van der Waals surface area contributed by atoms with Crippen LogP contribution in [0.4, 0.5) is 0 Å². The Balaban J connectivity index is 2.43. The molecule has 0 saturated carbocycles. The standard InChI is InChI=1S/C8H10N2O4/c9-5(8(13)14)3-4-10-6(11)1-2-7(10)12/h1-2,5H,3-4,9H2,(H,13,14). The summed E-state index contributed by atoms with van der Waals surface area (Å²) in [6.45, 7) is 0.0398. The van der Waals surface area contributed by atoms with Gasteiger partial charge in [0.15, 0.2) is 0 Å². The first kappa shape index (κ1) is 10.4. The van der Waals surface area contributed by atoms with E-state index in [-0.39, 0.29) is 13.0 Å². The minimum atomic E-state index is -1.14. The number of amides is 2. The summed E-state index contributed by atoms with van der Waals surface area (Å²) in [7, 11) is 0. The van der Waals surface area contributed by atoms with E-state index in [0.29, 0.717) is 0 Å². The van der Waals surface area contributed by atoms with Crippen LogP contribution in [-0.4, -0.2) is 40.4 Å². The Kier molecular flexibility index (Phi) is 2.98. The summed E-state index contributed by atoms with van der Waals surface area (Å²) in [5, 5.41) is 8.46. The molecule has 0 aromatic carbocycles. The molecule has 6 heteroatoms. The molecule has 6 nitrogen and oxygen atoms in total. The van der Waals surface area contributed by atoms with Crippen molar-refractivity contribution in [2.75, 3.05) is 6.54 Å². The van der Waals surface area contributed by atoms with Crippen LogP contribution in [0.1, 0.15) is 6.42 Å². The Morgan fingerprint density at radius 1 is 1.43 bits per heavy atom. The van der Waals surface area contributed by atoms with Gasteiger partial charge < -0.3 is 10.8 Å². The molecule has 1 rings (SSSR count). The monoisotopic (exact) mass is 198 g/mol. The van der Waals surface area contributed by atoms with Gasteiger partial charge in [0.2, 0.25) is 0 Å². The molecule has 0 fully saturated rings. The molecule has 2 amide bonds. The van der Waals surface area contributed by atoms with Crippen molar-refractivity contribution in [1.29, 1.82) is 0 Å². The van der Waals surface area contributed by atoms with Gasteiger partial charge in [0.05, 0.1) is 0 Å². The molecule has 1 unspecified atom stereocenters. The van der Waals surface area contributed by atoms with Crippen molar-refractivity contribution < 1.29 is 19.5 Å². The zero-order chi connectivity index (χ0) is 10.7. The minimum Gasteiger partial charge on any atom is -0.480 e. The molecule has 0 aromatic heterocycles. The molecular formula is C8H10N2O4. The summed E-state index contributed by atoms with van der Waals surface area (Å²) < 4.78 is 0. The highest BCUT2D eigenvalue weighted by Gasteiger charge is 2.24.